The van der Waals surface area contributed by atoms with Crippen LogP contribution in [0.1, 0.15) is 31.3 Å². The number of anilines is 1. The molecule has 1 unspecified atom stereocenters. The van der Waals surface area contributed by atoms with Gasteiger partial charge in [0.2, 0.25) is 11.7 Å². The molecule has 10 heteroatoms. The number of H-pyrrole nitrogens is 1. The first kappa shape index (κ1) is 16.6. The van der Waals surface area contributed by atoms with Crippen LogP contribution in [0.25, 0.3) is 11.6 Å². The van der Waals surface area contributed by atoms with E-state index in [1.54, 1.807) is 19.1 Å². The number of nitrogens with one attached hydrogen (secondary N) is 2. The molecule has 0 radical (unpaired) electrons. The van der Waals surface area contributed by atoms with Gasteiger partial charge >= 0.3 is 0 Å². The molecule has 3 rings (SSSR count). The molecule has 0 aliphatic rings. The molecule has 0 fully saturated rings. The van der Waals surface area contributed by atoms with Crippen LogP contribution in [0.15, 0.2) is 29.0 Å². The topological polar surface area (TPSA) is 136 Å². The molecule has 10 nitrogen and oxygen atoms in total. The number of aromatic amines is 1. The lowest BCUT2D eigenvalue weighted by Gasteiger charge is -2.20. The Labute approximate surface area is 142 Å². The van der Waals surface area contributed by atoms with Crippen molar-refractivity contribution in [3.05, 3.63) is 46.1 Å². The fraction of sp³-hybridized carbons (Fsp3) is 0.333. The van der Waals surface area contributed by atoms with Gasteiger partial charge in [0.1, 0.15) is 12.4 Å². The van der Waals surface area contributed by atoms with Crippen molar-refractivity contribution in [2.45, 2.75) is 26.8 Å². The first-order valence-corrected chi connectivity index (χ1v) is 7.66. The zero-order valence-corrected chi connectivity index (χ0v) is 13.9. The average molecular weight is 343 g/mol. The molecule has 2 N–H and O–H groups in total. The SMILES string of the molecule is Cc1cc(NC(c2nc(-c3ncn[nH]3)no2)C(C)C)ccc1[N+](=O)[O-]. The summed E-state index contributed by atoms with van der Waals surface area (Å²) in [6, 6.07) is 4.60. The number of aryl methyl sites for hydroxylation is 1. The minimum atomic E-state index is -0.402. The van der Waals surface area contributed by atoms with E-state index in [1.165, 1.54) is 12.4 Å². The summed E-state index contributed by atoms with van der Waals surface area (Å²) in [6.07, 6.45) is 1.36. The Kier molecular flexibility index (Phi) is 4.42. The smallest absolute Gasteiger partial charge is 0.272 e. The maximum Gasteiger partial charge on any atom is 0.272 e. The second kappa shape index (κ2) is 6.67. The van der Waals surface area contributed by atoms with Crippen molar-refractivity contribution < 1.29 is 9.45 Å². The van der Waals surface area contributed by atoms with E-state index in [9.17, 15) is 10.1 Å². The van der Waals surface area contributed by atoms with E-state index in [2.05, 4.69) is 30.6 Å². The van der Waals surface area contributed by atoms with Crippen molar-refractivity contribution in [1.82, 2.24) is 25.3 Å². The molecule has 3 aromatic rings. The normalized spacial score (nSPS) is 12.3. The fourth-order valence-corrected chi connectivity index (χ4v) is 2.41. The Morgan fingerprint density at radius 3 is 2.76 bits per heavy atom. The molecule has 0 saturated carbocycles. The van der Waals surface area contributed by atoms with Crippen molar-refractivity contribution in [2.24, 2.45) is 5.92 Å². The van der Waals surface area contributed by atoms with E-state index in [4.69, 9.17) is 4.52 Å². The van der Waals surface area contributed by atoms with E-state index in [-0.39, 0.29) is 17.6 Å². The summed E-state index contributed by atoms with van der Waals surface area (Å²) >= 11 is 0. The summed E-state index contributed by atoms with van der Waals surface area (Å²) in [5.41, 5.74) is 1.39. The minimum absolute atomic E-state index is 0.0806. The maximum absolute atomic E-state index is 10.9. The number of hydrogen-bond acceptors (Lipinski definition) is 8. The van der Waals surface area contributed by atoms with Gasteiger partial charge in [0.05, 0.1) is 4.92 Å². The molecule has 1 aromatic carbocycles. The summed E-state index contributed by atoms with van der Waals surface area (Å²) < 4.78 is 5.36. The number of nitro groups is 1. The monoisotopic (exact) mass is 343 g/mol. The molecule has 0 amide bonds. The van der Waals surface area contributed by atoms with Crippen molar-refractivity contribution in [1.29, 1.82) is 0 Å². The van der Waals surface area contributed by atoms with Crippen molar-refractivity contribution in [3.8, 4) is 11.6 Å². The number of hydrogen-bond donors (Lipinski definition) is 2. The van der Waals surface area contributed by atoms with Crippen LogP contribution in [-0.4, -0.2) is 30.2 Å². The third kappa shape index (κ3) is 3.47. The highest BCUT2D eigenvalue weighted by atomic mass is 16.6. The molecule has 0 saturated heterocycles. The van der Waals surface area contributed by atoms with E-state index < -0.39 is 4.92 Å². The largest absolute Gasteiger partial charge is 0.373 e. The van der Waals surface area contributed by atoms with E-state index >= 15 is 0 Å². The molecule has 0 spiro atoms. The molecule has 0 aliphatic heterocycles. The van der Waals surface area contributed by atoms with Gasteiger partial charge in [-0.2, -0.15) is 10.1 Å². The highest BCUT2D eigenvalue weighted by Gasteiger charge is 2.24. The Hall–Kier alpha value is -3.30. The number of benzene rings is 1. The summed E-state index contributed by atoms with van der Waals surface area (Å²) in [4.78, 5) is 18.9. The van der Waals surface area contributed by atoms with Crippen LogP contribution in [-0.2, 0) is 0 Å². The predicted molar refractivity (Wildman–Crippen MR) is 88.7 cm³/mol. The van der Waals surface area contributed by atoms with Crippen LogP contribution in [0.5, 0.6) is 0 Å². The average Bonchev–Trinajstić information content (AvgIpc) is 3.23. The summed E-state index contributed by atoms with van der Waals surface area (Å²) in [6.45, 7) is 5.71. The summed E-state index contributed by atoms with van der Waals surface area (Å²) in [7, 11) is 0. The molecular weight excluding hydrogens is 326 g/mol. The summed E-state index contributed by atoms with van der Waals surface area (Å²) in [5.74, 6) is 1.28. The summed E-state index contributed by atoms with van der Waals surface area (Å²) in [5, 5.41) is 24.6. The lowest BCUT2D eigenvalue weighted by Crippen LogP contribution is -2.17. The molecule has 130 valence electrons. The standard InChI is InChI=1S/C15H17N7O3/c1-8(2)12(15-19-14(21-25-15)13-16-7-17-20-13)18-10-4-5-11(22(23)24)9(3)6-10/h4-8,12,18H,1-3H3,(H,16,17,20). The number of nitro benzene ring substituents is 1. The second-order valence-corrected chi connectivity index (χ2v) is 5.91. The zero-order valence-electron chi connectivity index (χ0n) is 13.9. The Morgan fingerprint density at radius 1 is 1.36 bits per heavy atom. The Morgan fingerprint density at radius 2 is 2.16 bits per heavy atom. The van der Waals surface area contributed by atoms with Gasteiger partial charge in [-0.25, -0.2) is 4.98 Å². The molecule has 1 atom stereocenters. The van der Waals surface area contributed by atoms with Crippen LogP contribution < -0.4 is 5.32 Å². The van der Waals surface area contributed by atoms with Crippen molar-refractivity contribution in [2.75, 3.05) is 5.32 Å². The van der Waals surface area contributed by atoms with Crippen LogP contribution in [0.3, 0.4) is 0 Å². The Balaban J connectivity index is 1.85. The lowest BCUT2D eigenvalue weighted by atomic mass is 10.0. The third-order valence-electron chi connectivity index (χ3n) is 3.72. The first-order chi connectivity index (χ1) is 12.0. The molecular formula is C15H17N7O3. The van der Waals surface area contributed by atoms with Crippen molar-refractivity contribution in [3.63, 3.8) is 0 Å². The molecule has 0 bridgehead atoms. The van der Waals surface area contributed by atoms with E-state index in [1.807, 2.05) is 13.8 Å². The fourth-order valence-electron chi connectivity index (χ4n) is 2.41. The van der Waals surface area contributed by atoms with Gasteiger partial charge < -0.3 is 9.84 Å². The van der Waals surface area contributed by atoms with Crippen LogP contribution in [0, 0.1) is 23.0 Å². The molecule has 25 heavy (non-hydrogen) atoms. The van der Waals surface area contributed by atoms with Gasteiger partial charge in [-0.15, -0.1) is 0 Å². The number of aromatic nitrogens is 5. The van der Waals surface area contributed by atoms with E-state index in [0.29, 0.717) is 23.1 Å². The second-order valence-electron chi connectivity index (χ2n) is 5.91. The van der Waals surface area contributed by atoms with Crippen LogP contribution in [0.2, 0.25) is 0 Å². The van der Waals surface area contributed by atoms with Gasteiger partial charge in [0, 0.05) is 17.3 Å². The van der Waals surface area contributed by atoms with Gasteiger partial charge in [-0.1, -0.05) is 19.0 Å². The van der Waals surface area contributed by atoms with Gasteiger partial charge in [0.15, 0.2) is 5.82 Å². The maximum atomic E-state index is 10.9. The quantitative estimate of drug-likeness (QED) is 0.515. The highest BCUT2D eigenvalue weighted by molar-refractivity contribution is 5.54. The highest BCUT2D eigenvalue weighted by Crippen LogP contribution is 2.29. The predicted octanol–water partition coefficient (Wildman–Crippen LogP) is 2.88. The first-order valence-electron chi connectivity index (χ1n) is 7.66. The Bertz CT molecular complexity index is 873. The van der Waals surface area contributed by atoms with Crippen LogP contribution in [0.4, 0.5) is 11.4 Å². The van der Waals surface area contributed by atoms with Gasteiger partial charge in [-0.05, 0) is 25.0 Å². The van der Waals surface area contributed by atoms with E-state index in [0.717, 1.165) is 5.69 Å². The van der Waals surface area contributed by atoms with Crippen molar-refractivity contribution >= 4 is 11.4 Å². The molecule has 2 aromatic heterocycles. The molecule has 2 heterocycles. The van der Waals surface area contributed by atoms with Gasteiger partial charge in [-0.3, -0.25) is 15.2 Å². The lowest BCUT2D eigenvalue weighted by molar-refractivity contribution is -0.385. The number of rotatable bonds is 6. The minimum Gasteiger partial charge on any atom is -0.373 e. The zero-order chi connectivity index (χ0) is 18.0. The third-order valence-corrected chi connectivity index (χ3v) is 3.72. The van der Waals surface area contributed by atoms with Gasteiger partial charge in [0.25, 0.3) is 5.69 Å². The van der Waals surface area contributed by atoms with Crippen LogP contribution >= 0.6 is 0 Å². The number of nitrogens with zero attached hydrogens (tertiary/aromatic N) is 5. The molecule has 0 aliphatic carbocycles.